The van der Waals surface area contributed by atoms with Gasteiger partial charge >= 0.3 is 7.82 Å². The van der Waals surface area contributed by atoms with E-state index in [0.717, 1.165) is 0 Å². The number of aromatic nitrogens is 1. The molecule has 1 heterocycles. The second-order valence-corrected chi connectivity index (χ2v) is 3.28. The van der Waals surface area contributed by atoms with E-state index in [0.29, 0.717) is 5.69 Å². The highest BCUT2D eigenvalue weighted by Crippen LogP contribution is 2.36. The average molecular weight is 205 g/mol. The maximum absolute atomic E-state index is 10.1. The van der Waals surface area contributed by atoms with Crippen LogP contribution in [0.2, 0.25) is 0 Å². The normalized spacial score (nSPS) is 11.5. The highest BCUT2D eigenvalue weighted by atomic mass is 31.2. The largest absolute Gasteiger partial charge is 0.496 e. The predicted molar refractivity (Wildman–Crippen MR) is 42.2 cm³/mol. The zero-order valence-electron chi connectivity index (χ0n) is 6.53. The molecule has 7 heteroatoms. The van der Waals surface area contributed by atoms with Crippen LogP contribution in [-0.2, 0) is 20.7 Å². The summed E-state index contributed by atoms with van der Waals surface area (Å²) in [4.78, 5) is 24.6. The van der Waals surface area contributed by atoms with E-state index >= 15 is 0 Å². The molecule has 13 heavy (non-hydrogen) atoms. The number of rotatable bonds is 4. The molecule has 0 radical (unpaired) electrons. The van der Waals surface area contributed by atoms with Gasteiger partial charge in [0.15, 0.2) is 0 Å². The van der Waals surface area contributed by atoms with Gasteiger partial charge in [-0.3, -0.25) is 4.98 Å². The fraction of sp³-hybridized carbons (Fsp3) is 0.167. The zero-order chi connectivity index (χ0) is 9.73. The van der Waals surface area contributed by atoms with Crippen LogP contribution in [0.1, 0.15) is 5.69 Å². The van der Waals surface area contributed by atoms with Crippen molar-refractivity contribution in [1.82, 2.24) is 4.98 Å². The SMILES string of the molecule is O=P(O)(O)OOCc1ccccn1. The zero-order valence-corrected chi connectivity index (χ0v) is 7.42. The van der Waals surface area contributed by atoms with Gasteiger partial charge in [-0.15, -0.1) is 4.67 Å². The minimum Gasteiger partial charge on any atom is -0.301 e. The quantitative estimate of drug-likeness (QED) is 0.425. The molecule has 2 N–H and O–H groups in total. The first-order chi connectivity index (χ1) is 6.08. The van der Waals surface area contributed by atoms with Crippen LogP contribution in [0.3, 0.4) is 0 Å². The lowest BCUT2D eigenvalue weighted by molar-refractivity contribution is -0.233. The Bertz CT molecular complexity index is 297. The van der Waals surface area contributed by atoms with Crippen molar-refractivity contribution in [2.24, 2.45) is 0 Å². The highest BCUT2D eigenvalue weighted by molar-refractivity contribution is 7.46. The maximum atomic E-state index is 10.1. The summed E-state index contributed by atoms with van der Waals surface area (Å²) in [5.74, 6) is 0. The summed E-state index contributed by atoms with van der Waals surface area (Å²) in [5.41, 5.74) is 0.524. The lowest BCUT2D eigenvalue weighted by Gasteiger charge is -2.03. The predicted octanol–water partition coefficient (Wildman–Crippen LogP) is 0.623. The number of pyridine rings is 1. The third-order valence-corrected chi connectivity index (χ3v) is 1.38. The Morgan fingerprint density at radius 2 is 2.23 bits per heavy atom. The molecule has 0 aliphatic heterocycles. The first-order valence-corrected chi connectivity index (χ1v) is 4.87. The van der Waals surface area contributed by atoms with Gasteiger partial charge in [-0.1, -0.05) is 6.07 Å². The van der Waals surface area contributed by atoms with Gasteiger partial charge in [0.1, 0.15) is 6.61 Å². The fourth-order valence-corrected chi connectivity index (χ4v) is 0.829. The van der Waals surface area contributed by atoms with E-state index in [-0.39, 0.29) is 6.61 Å². The molecule has 0 bridgehead atoms. The van der Waals surface area contributed by atoms with E-state index in [9.17, 15) is 4.57 Å². The Labute approximate surface area is 74.3 Å². The van der Waals surface area contributed by atoms with Crippen LogP contribution in [0.4, 0.5) is 0 Å². The third kappa shape index (κ3) is 4.72. The molecule has 1 rings (SSSR count). The molecule has 0 spiro atoms. The Hall–Kier alpha value is -0.780. The third-order valence-electron chi connectivity index (χ3n) is 1.08. The van der Waals surface area contributed by atoms with Crippen molar-refractivity contribution in [1.29, 1.82) is 0 Å². The molecule has 0 aliphatic rings. The van der Waals surface area contributed by atoms with E-state index in [4.69, 9.17) is 9.79 Å². The van der Waals surface area contributed by atoms with Gasteiger partial charge in [-0.25, -0.2) is 9.45 Å². The van der Waals surface area contributed by atoms with E-state index in [1.807, 2.05) is 0 Å². The number of hydrogen-bond donors (Lipinski definition) is 2. The van der Waals surface area contributed by atoms with Crippen LogP contribution in [0.25, 0.3) is 0 Å². The van der Waals surface area contributed by atoms with Crippen molar-refractivity contribution in [2.75, 3.05) is 0 Å². The molecule has 0 saturated carbocycles. The van der Waals surface area contributed by atoms with Crippen molar-refractivity contribution in [2.45, 2.75) is 6.61 Å². The van der Waals surface area contributed by atoms with Gasteiger partial charge < -0.3 is 9.79 Å². The van der Waals surface area contributed by atoms with Crippen LogP contribution >= 0.6 is 7.82 Å². The van der Waals surface area contributed by atoms with E-state index < -0.39 is 7.82 Å². The molecule has 0 atom stereocenters. The van der Waals surface area contributed by atoms with Crippen molar-refractivity contribution < 1.29 is 23.9 Å². The summed E-state index contributed by atoms with van der Waals surface area (Å²) >= 11 is 0. The topological polar surface area (TPSA) is 88.9 Å². The number of nitrogens with zero attached hydrogens (tertiary/aromatic N) is 1. The summed E-state index contributed by atoms with van der Waals surface area (Å²) < 4.78 is 13.9. The lowest BCUT2D eigenvalue weighted by atomic mass is 10.4. The van der Waals surface area contributed by atoms with Gasteiger partial charge in [-0.2, -0.15) is 0 Å². The van der Waals surface area contributed by atoms with E-state index in [2.05, 4.69) is 14.5 Å². The smallest absolute Gasteiger partial charge is 0.301 e. The molecular formula is C6H8NO5P. The molecule has 1 aromatic heterocycles. The van der Waals surface area contributed by atoms with Gasteiger partial charge in [0.2, 0.25) is 0 Å². The van der Waals surface area contributed by atoms with Gasteiger partial charge in [0.25, 0.3) is 0 Å². The standard InChI is InChI=1S/C6H8NO5P/c8-13(9,10)12-11-5-6-3-1-2-4-7-6/h1-4H,5H2,(H2,8,9,10). The van der Waals surface area contributed by atoms with Crippen molar-refractivity contribution in [3.05, 3.63) is 30.1 Å². The van der Waals surface area contributed by atoms with Gasteiger partial charge in [0, 0.05) is 6.20 Å². The summed E-state index contributed by atoms with van der Waals surface area (Å²) in [6, 6.07) is 5.08. The van der Waals surface area contributed by atoms with Gasteiger partial charge in [-0.05, 0) is 12.1 Å². The molecule has 0 aromatic carbocycles. The molecule has 0 saturated heterocycles. The molecule has 0 aliphatic carbocycles. The van der Waals surface area contributed by atoms with Crippen LogP contribution in [0.15, 0.2) is 24.4 Å². The van der Waals surface area contributed by atoms with Crippen LogP contribution in [0.5, 0.6) is 0 Å². The van der Waals surface area contributed by atoms with Crippen molar-refractivity contribution >= 4 is 7.82 Å². The Balaban J connectivity index is 2.33. The molecule has 0 amide bonds. The number of phosphoric acid groups is 1. The molecule has 1 aromatic rings. The lowest BCUT2D eigenvalue weighted by Crippen LogP contribution is -1.95. The number of hydrogen-bond acceptors (Lipinski definition) is 4. The molecule has 6 nitrogen and oxygen atoms in total. The Kier molecular flexibility index (Phi) is 3.53. The molecule has 0 unspecified atom stereocenters. The fourth-order valence-electron chi connectivity index (χ4n) is 0.639. The second kappa shape index (κ2) is 4.45. The Morgan fingerprint density at radius 1 is 1.46 bits per heavy atom. The van der Waals surface area contributed by atoms with Crippen LogP contribution in [-0.4, -0.2) is 14.8 Å². The molecule has 72 valence electrons. The van der Waals surface area contributed by atoms with Crippen LogP contribution < -0.4 is 0 Å². The minimum atomic E-state index is -4.55. The average Bonchev–Trinajstić information content (AvgIpc) is 2.04. The van der Waals surface area contributed by atoms with E-state index in [1.54, 1.807) is 18.2 Å². The van der Waals surface area contributed by atoms with Crippen LogP contribution in [0, 0.1) is 0 Å². The summed E-state index contributed by atoms with van der Waals surface area (Å²) in [5, 5.41) is 0. The first-order valence-electron chi connectivity index (χ1n) is 3.34. The summed E-state index contributed by atoms with van der Waals surface area (Å²) in [7, 11) is -4.55. The summed E-state index contributed by atoms with van der Waals surface area (Å²) in [6.45, 7) is -0.105. The second-order valence-electron chi connectivity index (χ2n) is 2.15. The van der Waals surface area contributed by atoms with Crippen molar-refractivity contribution in [3.63, 3.8) is 0 Å². The van der Waals surface area contributed by atoms with Crippen molar-refractivity contribution in [3.8, 4) is 0 Å². The van der Waals surface area contributed by atoms with Gasteiger partial charge in [0.05, 0.1) is 5.69 Å². The highest BCUT2D eigenvalue weighted by Gasteiger charge is 2.14. The monoisotopic (exact) mass is 205 g/mol. The molecular weight excluding hydrogens is 197 g/mol. The maximum Gasteiger partial charge on any atom is 0.496 e. The Morgan fingerprint density at radius 3 is 2.77 bits per heavy atom. The molecule has 0 fully saturated rings. The summed E-state index contributed by atoms with van der Waals surface area (Å²) in [6.07, 6.45) is 1.54. The first kappa shape index (κ1) is 10.3. The minimum absolute atomic E-state index is 0.105. The van der Waals surface area contributed by atoms with E-state index in [1.165, 1.54) is 6.20 Å².